The van der Waals surface area contributed by atoms with Gasteiger partial charge in [0.25, 0.3) is 0 Å². The van der Waals surface area contributed by atoms with Gasteiger partial charge in [-0.05, 0) is 39.1 Å². The van der Waals surface area contributed by atoms with Crippen molar-refractivity contribution in [1.82, 2.24) is 10.0 Å². The van der Waals surface area contributed by atoms with Crippen molar-refractivity contribution in [3.8, 4) is 0 Å². The summed E-state index contributed by atoms with van der Waals surface area (Å²) in [4.78, 5) is 2.18. The van der Waals surface area contributed by atoms with Crippen molar-refractivity contribution >= 4 is 21.4 Å². The molecule has 2 rings (SSSR count). The molecule has 0 saturated carbocycles. The Labute approximate surface area is 129 Å². The zero-order chi connectivity index (χ0) is 15.5. The van der Waals surface area contributed by atoms with Crippen LogP contribution >= 0.6 is 11.3 Å². The van der Waals surface area contributed by atoms with Gasteiger partial charge in [-0.15, -0.1) is 11.3 Å². The van der Waals surface area contributed by atoms with Gasteiger partial charge in [0, 0.05) is 28.8 Å². The molecule has 0 aliphatic rings. The predicted octanol–water partition coefficient (Wildman–Crippen LogP) is 2.28. The van der Waals surface area contributed by atoms with E-state index in [-0.39, 0.29) is 6.04 Å². The predicted molar refractivity (Wildman–Crippen MR) is 84.0 cm³/mol. The van der Waals surface area contributed by atoms with Gasteiger partial charge in [0.05, 0.1) is 11.2 Å². The van der Waals surface area contributed by atoms with Crippen molar-refractivity contribution < 1.29 is 12.8 Å². The van der Waals surface area contributed by atoms with Crippen molar-refractivity contribution in [3.63, 3.8) is 0 Å². The second-order valence-corrected chi connectivity index (χ2v) is 7.99. The van der Waals surface area contributed by atoms with Gasteiger partial charge in [-0.3, -0.25) is 0 Å². The van der Waals surface area contributed by atoms with Crippen LogP contribution < -0.4 is 10.0 Å². The number of furan rings is 1. The zero-order valence-corrected chi connectivity index (χ0v) is 14.0. The Bertz CT molecular complexity index is 675. The number of hydrogen-bond donors (Lipinski definition) is 2. The second-order valence-electron chi connectivity index (χ2n) is 4.97. The third-order valence-corrected chi connectivity index (χ3v) is 5.90. The lowest BCUT2D eigenvalue weighted by atomic mass is 10.2. The number of aryl methyl sites for hydroxylation is 1. The Morgan fingerprint density at radius 1 is 1.43 bits per heavy atom. The highest BCUT2D eigenvalue weighted by atomic mass is 32.2. The van der Waals surface area contributed by atoms with Crippen LogP contribution in [0, 0.1) is 6.92 Å². The Morgan fingerprint density at radius 3 is 2.81 bits per heavy atom. The third kappa shape index (κ3) is 4.16. The van der Waals surface area contributed by atoms with Crippen LogP contribution in [0.4, 0.5) is 0 Å². The molecule has 5 nitrogen and oxygen atoms in total. The fraction of sp³-hybridized carbons (Fsp3) is 0.429. The van der Waals surface area contributed by atoms with E-state index in [1.165, 1.54) is 11.3 Å². The van der Waals surface area contributed by atoms with Crippen LogP contribution in [-0.4, -0.2) is 21.5 Å². The zero-order valence-electron chi connectivity index (χ0n) is 12.3. The minimum absolute atomic E-state index is 0.229. The summed E-state index contributed by atoms with van der Waals surface area (Å²) >= 11 is 1.50. The molecule has 1 atom stereocenters. The summed E-state index contributed by atoms with van der Waals surface area (Å²) in [6, 6.07) is 5.14. The van der Waals surface area contributed by atoms with E-state index >= 15 is 0 Å². The number of sulfonamides is 1. The van der Waals surface area contributed by atoms with E-state index in [2.05, 4.69) is 10.0 Å². The maximum atomic E-state index is 12.5. The highest BCUT2D eigenvalue weighted by Crippen LogP contribution is 2.25. The highest BCUT2D eigenvalue weighted by molar-refractivity contribution is 7.89. The van der Waals surface area contributed by atoms with Gasteiger partial charge < -0.3 is 9.73 Å². The molecule has 7 heteroatoms. The first kappa shape index (κ1) is 16.2. The largest absolute Gasteiger partial charge is 0.469 e. The summed E-state index contributed by atoms with van der Waals surface area (Å²) < 4.78 is 32.9. The van der Waals surface area contributed by atoms with E-state index in [9.17, 15) is 8.42 Å². The first-order valence-corrected chi connectivity index (χ1v) is 9.01. The summed E-state index contributed by atoms with van der Waals surface area (Å²) in [6.45, 7) is 4.33. The van der Waals surface area contributed by atoms with E-state index in [0.717, 1.165) is 15.5 Å². The van der Waals surface area contributed by atoms with E-state index in [1.54, 1.807) is 18.4 Å². The second kappa shape index (κ2) is 6.74. The molecular formula is C14H20N2O3S2. The van der Waals surface area contributed by atoms with E-state index < -0.39 is 10.0 Å². The molecule has 0 fully saturated rings. The molecular weight excluding hydrogens is 308 g/mol. The van der Waals surface area contributed by atoms with Crippen molar-refractivity contribution in [2.45, 2.75) is 37.8 Å². The normalized spacial score (nSPS) is 13.5. The van der Waals surface area contributed by atoms with Crippen molar-refractivity contribution in [1.29, 1.82) is 0 Å². The van der Waals surface area contributed by atoms with Gasteiger partial charge >= 0.3 is 0 Å². The fourth-order valence-electron chi connectivity index (χ4n) is 2.15. The maximum Gasteiger partial charge on any atom is 0.241 e. The van der Waals surface area contributed by atoms with E-state index in [4.69, 9.17) is 4.42 Å². The molecule has 0 aromatic carbocycles. The standard InChI is InChI=1S/C14H20N2O3S2/c1-10(7-12-5-4-6-19-12)16-21(17,18)14-8-13(9-15-3)20-11(14)2/h4-6,8,10,15-16H,7,9H2,1-3H3. The van der Waals surface area contributed by atoms with Gasteiger partial charge in [-0.1, -0.05) is 0 Å². The average Bonchev–Trinajstić information content (AvgIpc) is 2.99. The van der Waals surface area contributed by atoms with Gasteiger partial charge in [0.1, 0.15) is 5.76 Å². The molecule has 1 unspecified atom stereocenters. The Hall–Kier alpha value is -1.15. The number of hydrogen-bond acceptors (Lipinski definition) is 5. The molecule has 0 bridgehead atoms. The molecule has 0 saturated heterocycles. The molecule has 0 aliphatic heterocycles. The molecule has 0 spiro atoms. The van der Waals surface area contributed by atoms with Crippen LogP contribution in [0.3, 0.4) is 0 Å². The monoisotopic (exact) mass is 328 g/mol. The molecule has 0 radical (unpaired) electrons. The van der Waals surface area contributed by atoms with Crippen molar-refractivity contribution in [2.75, 3.05) is 7.05 Å². The van der Waals surface area contributed by atoms with Gasteiger partial charge in [-0.25, -0.2) is 13.1 Å². The molecule has 116 valence electrons. The van der Waals surface area contributed by atoms with Crippen LogP contribution in [0.2, 0.25) is 0 Å². The third-order valence-electron chi connectivity index (χ3n) is 3.01. The van der Waals surface area contributed by atoms with Crippen LogP contribution in [0.1, 0.15) is 22.4 Å². The number of rotatable bonds is 7. The topological polar surface area (TPSA) is 71.3 Å². The summed E-state index contributed by atoms with van der Waals surface area (Å²) in [5.41, 5.74) is 0. The summed E-state index contributed by atoms with van der Waals surface area (Å²) in [5.74, 6) is 0.767. The lowest BCUT2D eigenvalue weighted by Crippen LogP contribution is -2.34. The fourth-order valence-corrected chi connectivity index (χ4v) is 5.04. The van der Waals surface area contributed by atoms with Gasteiger partial charge in [-0.2, -0.15) is 0 Å². The summed E-state index contributed by atoms with van der Waals surface area (Å²) in [7, 11) is -1.66. The minimum Gasteiger partial charge on any atom is -0.469 e. The molecule has 0 aliphatic carbocycles. The molecule has 2 N–H and O–H groups in total. The molecule has 21 heavy (non-hydrogen) atoms. The van der Waals surface area contributed by atoms with E-state index in [1.807, 2.05) is 27.0 Å². The lowest BCUT2D eigenvalue weighted by Gasteiger charge is -2.12. The first-order valence-electron chi connectivity index (χ1n) is 6.71. The number of thiophene rings is 1. The van der Waals surface area contributed by atoms with Crippen LogP contribution in [0.5, 0.6) is 0 Å². The average molecular weight is 328 g/mol. The maximum absolute atomic E-state index is 12.5. The van der Waals surface area contributed by atoms with E-state index in [0.29, 0.717) is 17.9 Å². The Balaban J connectivity index is 2.10. The van der Waals surface area contributed by atoms with Crippen LogP contribution in [0.25, 0.3) is 0 Å². The lowest BCUT2D eigenvalue weighted by molar-refractivity contribution is 0.479. The first-order chi connectivity index (χ1) is 9.92. The van der Waals surface area contributed by atoms with Crippen molar-refractivity contribution in [3.05, 3.63) is 40.0 Å². The molecule has 2 heterocycles. The molecule has 2 aromatic rings. The van der Waals surface area contributed by atoms with Gasteiger partial charge in [0.15, 0.2) is 0 Å². The quantitative estimate of drug-likeness (QED) is 0.818. The Kier molecular flexibility index (Phi) is 5.21. The summed E-state index contributed by atoms with van der Waals surface area (Å²) in [5, 5.41) is 3.03. The van der Waals surface area contributed by atoms with Crippen LogP contribution in [-0.2, 0) is 23.0 Å². The highest BCUT2D eigenvalue weighted by Gasteiger charge is 2.22. The Morgan fingerprint density at radius 2 is 2.19 bits per heavy atom. The van der Waals surface area contributed by atoms with Gasteiger partial charge in [0.2, 0.25) is 10.0 Å². The molecule has 0 amide bonds. The van der Waals surface area contributed by atoms with Crippen molar-refractivity contribution in [2.24, 2.45) is 0 Å². The number of nitrogens with one attached hydrogen (secondary N) is 2. The smallest absolute Gasteiger partial charge is 0.241 e. The molecule has 2 aromatic heterocycles. The SMILES string of the molecule is CNCc1cc(S(=O)(=O)NC(C)Cc2ccco2)c(C)s1. The minimum atomic E-state index is -3.50. The summed E-state index contributed by atoms with van der Waals surface area (Å²) in [6.07, 6.45) is 2.11. The van der Waals surface area contributed by atoms with Crippen LogP contribution in [0.15, 0.2) is 33.8 Å².